The van der Waals surface area contributed by atoms with Gasteiger partial charge in [0.2, 0.25) is 5.88 Å². The van der Waals surface area contributed by atoms with Crippen LogP contribution in [0.5, 0.6) is 11.6 Å². The van der Waals surface area contributed by atoms with Gasteiger partial charge in [-0.3, -0.25) is 0 Å². The first-order chi connectivity index (χ1) is 8.99. The monoisotopic (exact) mass is 388 g/mol. The minimum Gasteiger partial charge on any atom is -0.437 e. The molecule has 0 atom stereocenters. The molecular weight excluding hydrogens is 375 g/mol. The second-order valence-corrected chi connectivity index (χ2v) is 6.01. The molecule has 0 fully saturated rings. The fourth-order valence-electron chi connectivity index (χ4n) is 1.47. The Morgan fingerprint density at radius 2 is 1.89 bits per heavy atom. The average molecular weight is 389 g/mol. The topological polar surface area (TPSA) is 35.0 Å². The summed E-state index contributed by atoms with van der Waals surface area (Å²) in [5.41, 5.74) is 0.755. The Bertz CT molecular complexity index is 602. The average Bonchev–Trinajstić information content (AvgIpc) is 2.37. The molecule has 2 rings (SSSR count). The molecule has 0 N–H and O–H groups in total. The van der Waals surface area contributed by atoms with Crippen LogP contribution in [0.1, 0.15) is 31.2 Å². The first-order valence-corrected chi connectivity index (χ1v) is 7.41. The molecule has 1 aromatic carbocycles. The highest BCUT2D eigenvalue weighted by atomic mass is 127. The predicted octanol–water partition coefficient (Wildman–Crippen LogP) is 4.96. The Kier molecular flexibility index (Phi) is 4.62. The lowest BCUT2D eigenvalue weighted by Crippen LogP contribution is -2.03. The van der Waals surface area contributed by atoms with Crippen molar-refractivity contribution < 1.29 is 4.74 Å². The summed E-state index contributed by atoms with van der Waals surface area (Å²) in [5, 5.41) is 0.444. The second-order valence-electron chi connectivity index (χ2n) is 4.49. The standard InChI is InChI=1S/C14H14ClIN2O/c1-8(2)13-17-12(15)9(3)14(18-13)19-11-7-5-4-6-10(11)16/h4-8H,1-3H3. The number of ether oxygens (including phenoxy) is 1. The van der Waals surface area contributed by atoms with E-state index in [1.54, 1.807) is 0 Å². The number of para-hydroxylation sites is 1. The summed E-state index contributed by atoms with van der Waals surface area (Å²) in [6.07, 6.45) is 0. The molecule has 0 aliphatic heterocycles. The van der Waals surface area contributed by atoms with Gasteiger partial charge in [-0.25, -0.2) is 4.98 Å². The molecule has 19 heavy (non-hydrogen) atoms. The number of benzene rings is 1. The quantitative estimate of drug-likeness (QED) is 0.551. The molecule has 0 bridgehead atoms. The van der Waals surface area contributed by atoms with E-state index in [1.807, 2.05) is 45.0 Å². The van der Waals surface area contributed by atoms with Gasteiger partial charge in [-0.2, -0.15) is 4.98 Å². The maximum absolute atomic E-state index is 6.14. The minimum absolute atomic E-state index is 0.204. The Morgan fingerprint density at radius 3 is 2.53 bits per heavy atom. The molecule has 1 aromatic heterocycles. The van der Waals surface area contributed by atoms with Gasteiger partial charge >= 0.3 is 0 Å². The van der Waals surface area contributed by atoms with Crippen molar-refractivity contribution >= 4 is 34.2 Å². The van der Waals surface area contributed by atoms with Crippen molar-refractivity contribution in [3.05, 3.63) is 44.4 Å². The molecule has 0 aliphatic carbocycles. The van der Waals surface area contributed by atoms with E-state index in [2.05, 4.69) is 32.6 Å². The number of hydrogen-bond donors (Lipinski definition) is 0. The van der Waals surface area contributed by atoms with Crippen molar-refractivity contribution in [2.75, 3.05) is 0 Å². The first kappa shape index (κ1) is 14.5. The lowest BCUT2D eigenvalue weighted by Gasteiger charge is -2.12. The molecule has 0 spiro atoms. The van der Waals surface area contributed by atoms with Gasteiger partial charge in [0.1, 0.15) is 16.7 Å². The Labute approximate surface area is 131 Å². The van der Waals surface area contributed by atoms with Crippen LogP contribution in [0.25, 0.3) is 0 Å². The summed E-state index contributed by atoms with van der Waals surface area (Å²) in [5.74, 6) is 2.19. The molecule has 1 heterocycles. The molecule has 0 radical (unpaired) electrons. The van der Waals surface area contributed by atoms with Crippen LogP contribution in [0.3, 0.4) is 0 Å². The summed E-state index contributed by atoms with van der Waals surface area (Å²) in [6.45, 7) is 5.91. The van der Waals surface area contributed by atoms with Crippen LogP contribution in [0.4, 0.5) is 0 Å². The maximum atomic E-state index is 6.14. The van der Waals surface area contributed by atoms with Crippen molar-refractivity contribution in [3.8, 4) is 11.6 Å². The highest BCUT2D eigenvalue weighted by Crippen LogP contribution is 2.30. The van der Waals surface area contributed by atoms with E-state index in [4.69, 9.17) is 16.3 Å². The third-order valence-corrected chi connectivity index (χ3v) is 3.88. The van der Waals surface area contributed by atoms with Crippen molar-refractivity contribution in [1.82, 2.24) is 9.97 Å². The molecule has 5 heteroatoms. The van der Waals surface area contributed by atoms with Gasteiger partial charge in [0.25, 0.3) is 0 Å². The second kappa shape index (κ2) is 6.05. The van der Waals surface area contributed by atoms with E-state index >= 15 is 0 Å². The molecule has 0 saturated carbocycles. The molecule has 0 saturated heterocycles. The van der Waals surface area contributed by atoms with Crippen molar-refractivity contribution in [1.29, 1.82) is 0 Å². The normalized spacial score (nSPS) is 10.8. The highest BCUT2D eigenvalue weighted by molar-refractivity contribution is 14.1. The summed E-state index contributed by atoms with van der Waals surface area (Å²) in [7, 11) is 0. The number of hydrogen-bond acceptors (Lipinski definition) is 3. The number of halogens is 2. The van der Waals surface area contributed by atoms with Crippen LogP contribution in [-0.4, -0.2) is 9.97 Å². The van der Waals surface area contributed by atoms with Gasteiger partial charge in [-0.15, -0.1) is 0 Å². The number of nitrogens with zero attached hydrogens (tertiary/aromatic N) is 2. The summed E-state index contributed by atoms with van der Waals surface area (Å²) in [6, 6.07) is 7.79. The van der Waals surface area contributed by atoms with E-state index in [0.717, 1.165) is 14.9 Å². The van der Waals surface area contributed by atoms with Gasteiger partial charge in [0, 0.05) is 11.5 Å². The van der Waals surface area contributed by atoms with E-state index in [-0.39, 0.29) is 5.92 Å². The zero-order valence-corrected chi connectivity index (χ0v) is 13.9. The molecule has 0 amide bonds. The van der Waals surface area contributed by atoms with E-state index in [0.29, 0.717) is 16.9 Å². The fraction of sp³-hybridized carbons (Fsp3) is 0.286. The Hall–Kier alpha value is -0.880. The zero-order valence-electron chi connectivity index (χ0n) is 10.9. The molecule has 100 valence electrons. The molecule has 0 unspecified atom stereocenters. The molecular formula is C14H14ClIN2O. The highest BCUT2D eigenvalue weighted by Gasteiger charge is 2.14. The lowest BCUT2D eigenvalue weighted by atomic mass is 10.2. The molecule has 3 nitrogen and oxygen atoms in total. The Morgan fingerprint density at radius 1 is 1.21 bits per heavy atom. The molecule has 2 aromatic rings. The fourth-order valence-corrected chi connectivity index (χ4v) is 2.14. The third kappa shape index (κ3) is 3.36. The van der Waals surface area contributed by atoms with Gasteiger partial charge < -0.3 is 4.74 Å². The van der Waals surface area contributed by atoms with Gasteiger partial charge in [-0.05, 0) is 41.6 Å². The smallest absolute Gasteiger partial charge is 0.227 e. The summed E-state index contributed by atoms with van der Waals surface area (Å²) in [4.78, 5) is 8.72. The van der Waals surface area contributed by atoms with Crippen molar-refractivity contribution in [2.45, 2.75) is 26.7 Å². The summed E-state index contributed by atoms with van der Waals surface area (Å²) < 4.78 is 6.90. The van der Waals surface area contributed by atoms with E-state index in [1.165, 1.54) is 0 Å². The lowest BCUT2D eigenvalue weighted by molar-refractivity contribution is 0.449. The van der Waals surface area contributed by atoms with Crippen LogP contribution in [0.2, 0.25) is 5.15 Å². The number of aromatic nitrogens is 2. The first-order valence-electron chi connectivity index (χ1n) is 5.95. The zero-order chi connectivity index (χ0) is 14.0. The van der Waals surface area contributed by atoms with Crippen LogP contribution in [0, 0.1) is 10.5 Å². The van der Waals surface area contributed by atoms with Crippen LogP contribution in [-0.2, 0) is 0 Å². The number of rotatable bonds is 3. The van der Waals surface area contributed by atoms with E-state index < -0.39 is 0 Å². The third-order valence-electron chi connectivity index (χ3n) is 2.62. The minimum atomic E-state index is 0.204. The Balaban J connectivity index is 2.42. The van der Waals surface area contributed by atoms with Crippen LogP contribution in [0.15, 0.2) is 24.3 Å². The molecule has 0 aliphatic rings. The van der Waals surface area contributed by atoms with Crippen LogP contribution >= 0.6 is 34.2 Å². The van der Waals surface area contributed by atoms with Crippen LogP contribution < -0.4 is 4.74 Å². The van der Waals surface area contributed by atoms with Gasteiger partial charge in [0.05, 0.1) is 3.57 Å². The van der Waals surface area contributed by atoms with E-state index in [9.17, 15) is 0 Å². The summed E-state index contributed by atoms with van der Waals surface area (Å²) >= 11 is 8.36. The van der Waals surface area contributed by atoms with Gasteiger partial charge in [0.15, 0.2) is 0 Å². The maximum Gasteiger partial charge on any atom is 0.227 e. The predicted molar refractivity (Wildman–Crippen MR) is 85.1 cm³/mol. The van der Waals surface area contributed by atoms with Gasteiger partial charge in [-0.1, -0.05) is 37.6 Å². The largest absolute Gasteiger partial charge is 0.437 e. The van der Waals surface area contributed by atoms with Crippen molar-refractivity contribution in [3.63, 3.8) is 0 Å². The SMILES string of the molecule is Cc1c(Cl)nc(C(C)C)nc1Oc1ccccc1I. The van der Waals surface area contributed by atoms with Crippen molar-refractivity contribution in [2.24, 2.45) is 0 Å².